The maximum Gasteiger partial charge on any atom is 0.573 e. The quantitative estimate of drug-likeness (QED) is 0.398. The zero-order chi connectivity index (χ0) is 28.0. The van der Waals surface area contributed by atoms with Crippen molar-refractivity contribution in [2.24, 2.45) is 5.92 Å². The summed E-state index contributed by atoms with van der Waals surface area (Å²) in [7, 11) is -4.11. The molecule has 2 heterocycles. The molecule has 1 aromatic heterocycles. The fourth-order valence-corrected chi connectivity index (χ4v) is 5.50. The van der Waals surface area contributed by atoms with Crippen LogP contribution in [0.3, 0.4) is 0 Å². The monoisotopic (exact) mass is 561 g/mol. The van der Waals surface area contributed by atoms with Gasteiger partial charge in [0.05, 0.1) is 23.3 Å². The number of aromatic nitrogens is 1. The zero-order valence-corrected chi connectivity index (χ0v) is 21.2. The van der Waals surface area contributed by atoms with Crippen molar-refractivity contribution >= 4 is 39.2 Å². The summed E-state index contributed by atoms with van der Waals surface area (Å²) in [6.45, 7) is 1.78. The lowest BCUT2D eigenvalue weighted by Crippen LogP contribution is -2.40. The number of halogens is 3. The predicted octanol–water partition coefficient (Wildman–Crippen LogP) is 4.18. The molecular formula is C25H22F3N5O5S. The molecule has 2 fully saturated rings. The van der Waals surface area contributed by atoms with E-state index in [9.17, 15) is 31.2 Å². The molecule has 14 heteroatoms. The molecule has 3 aromatic rings. The zero-order valence-electron chi connectivity index (χ0n) is 20.3. The lowest BCUT2D eigenvalue weighted by Gasteiger charge is -2.25. The molecule has 0 radical (unpaired) electrons. The van der Waals surface area contributed by atoms with Crippen molar-refractivity contribution in [2.75, 3.05) is 14.5 Å². The third-order valence-electron chi connectivity index (χ3n) is 6.55. The second-order valence-corrected chi connectivity index (χ2v) is 10.6. The maximum absolute atomic E-state index is 13.7. The van der Waals surface area contributed by atoms with E-state index >= 15 is 0 Å². The number of carbonyl (C=O) groups excluding carboxylic acids is 2. The lowest BCUT2D eigenvalue weighted by molar-refractivity contribution is -0.274. The van der Waals surface area contributed by atoms with Gasteiger partial charge in [-0.1, -0.05) is 37.3 Å². The van der Waals surface area contributed by atoms with Crippen LogP contribution in [-0.2, 0) is 21.5 Å². The average Bonchev–Trinajstić information content (AvgIpc) is 3.50. The van der Waals surface area contributed by atoms with Crippen LogP contribution in [0.25, 0.3) is 0 Å². The van der Waals surface area contributed by atoms with Crippen LogP contribution in [0.1, 0.15) is 18.9 Å². The number of ether oxygens (including phenoxy) is 1. The van der Waals surface area contributed by atoms with Crippen LogP contribution in [0.15, 0.2) is 73.1 Å². The van der Waals surface area contributed by atoms with Crippen LogP contribution in [0.5, 0.6) is 5.75 Å². The van der Waals surface area contributed by atoms with Crippen LogP contribution < -0.4 is 24.0 Å². The van der Waals surface area contributed by atoms with Gasteiger partial charge in [-0.15, -0.1) is 13.2 Å². The van der Waals surface area contributed by atoms with Crippen LogP contribution in [0, 0.1) is 5.92 Å². The topological polar surface area (TPSA) is 121 Å². The first kappa shape index (κ1) is 26.4. The second kappa shape index (κ2) is 9.54. The fraction of sp³-hybridized carbons (Fsp3) is 0.240. The molecule has 10 nitrogen and oxygen atoms in total. The van der Waals surface area contributed by atoms with Crippen LogP contribution in [0.4, 0.5) is 35.0 Å². The Kier molecular flexibility index (Phi) is 6.47. The van der Waals surface area contributed by atoms with Crippen molar-refractivity contribution in [1.29, 1.82) is 0 Å². The number of urea groups is 1. The van der Waals surface area contributed by atoms with E-state index in [0.29, 0.717) is 6.42 Å². The number of carbonyl (C=O) groups is 2. The Morgan fingerprint density at radius 3 is 2.36 bits per heavy atom. The van der Waals surface area contributed by atoms with Crippen molar-refractivity contribution in [2.45, 2.75) is 31.8 Å². The van der Waals surface area contributed by atoms with Gasteiger partial charge in [-0.3, -0.25) is 19.4 Å². The molecule has 204 valence electrons. The Bertz CT molecular complexity index is 1520. The van der Waals surface area contributed by atoms with E-state index in [0.717, 1.165) is 22.6 Å². The molecule has 0 bridgehead atoms. The summed E-state index contributed by atoms with van der Waals surface area (Å²) >= 11 is 0. The third kappa shape index (κ3) is 5.12. The van der Waals surface area contributed by atoms with Crippen molar-refractivity contribution in [3.63, 3.8) is 0 Å². The number of nitrogens with zero attached hydrogens (tertiary/aromatic N) is 3. The Balaban J connectivity index is 1.43. The number of pyridine rings is 1. The molecule has 2 N–H and O–H groups in total. The van der Waals surface area contributed by atoms with Gasteiger partial charge >= 0.3 is 12.4 Å². The molecule has 1 aliphatic carbocycles. The summed E-state index contributed by atoms with van der Waals surface area (Å²) in [5.41, 5.74) is -0.438. The van der Waals surface area contributed by atoms with E-state index in [1.54, 1.807) is 37.3 Å². The van der Waals surface area contributed by atoms with E-state index in [1.807, 2.05) is 0 Å². The van der Waals surface area contributed by atoms with Gasteiger partial charge in [-0.05, 0) is 48.2 Å². The minimum absolute atomic E-state index is 0.00962. The molecular weight excluding hydrogens is 539 g/mol. The van der Waals surface area contributed by atoms with Gasteiger partial charge in [0.1, 0.15) is 11.3 Å². The summed E-state index contributed by atoms with van der Waals surface area (Å²) in [5.74, 6) is -1.34. The largest absolute Gasteiger partial charge is 0.573 e. The third-order valence-corrected chi connectivity index (χ3v) is 7.56. The van der Waals surface area contributed by atoms with Gasteiger partial charge in [-0.2, -0.15) is 13.1 Å². The molecule has 1 saturated heterocycles. The van der Waals surface area contributed by atoms with Gasteiger partial charge in [0, 0.05) is 12.7 Å². The number of imide groups is 1. The molecule has 39 heavy (non-hydrogen) atoms. The van der Waals surface area contributed by atoms with Crippen LogP contribution in [-0.4, -0.2) is 37.2 Å². The first-order chi connectivity index (χ1) is 18.4. The smallest absolute Gasteiger partial charge is 0.406 e. The number of hydrogen-bond acceptors (Lipinski definition) is 6. The van der Waals surface area contributed by atoms with E-state index in [2.05, 4.69) is 19.2 Å². The lowest BCUT2D eigenvalue weighted by atomic mass is 10.1. The highest BCUT2D eigenvalue weighted by Gasteiger charge is 2.71. The van der Waals surface area contributed by atoms with Gasteiger partial charge in [0.15, 0.2) is 0 Å². The number of benzene rings is 2. The molecule has 5 rings (SSSR count). The maximum atomic E-state index is 13.7. The number of alkyl halides is 3. The standard InChI is InChI=1S/C25H22F3N5O5S/c1-16-13-24(16)22(34)32(18-7-9-19(10-8-18)38-25(26,27)28)23(35)33(24)21-11-12-29-15-20(21)31-39(36,37)30-14-17-5-3-2-4-6-17/h2-12,15-16,30-31H,13-14H2,1H3. The van der Waals surface area contributed by atoms with Gasteiger partial charge < -0.3 is 4.74 Å². The Hall–Kier alpha value is -4.17. The molecule has 2 atom stereocenters. The van der Waals surface area contributed by atoms with E-state index < -0.39 is 39.8 Å². The molecule has 2 unspecified atom stereocenters. The number of amides is 3. The van der Waals surface area contributed by atoms with E-state index in [1.165, 1.54) is 35.5 Å². The normalized spacial score (nSPS) is 21.0. The van der Waals surface area contributed by atoms with Gasteiger partial charge in [0.25, 0.3) is 16.1 Å². The molecule has 3 amide bonds. The summed E-state index contributed by atoms with van der Waals surface area (Å²) in [6.07, 6.45) is -2.01. The van der Waals surface area contributed by atoms with Crippen LogP contribution in [0.2, 0.25) is 0 Å². The highest BCUT2D eigenvalue weighted by atomic mass is 32.2. The molecule has 1 aliphatic heterocycles. The van der Waals surface area contributed by atoms with Gasteiger partial charge in [-0.25, -0.2) is 9.69 Å². The fourth-order valence-electron chi connectivity index (χ4n) is 4.62. The Morgan fingerprint density at radius 2 is 1.74 bits per heavy atom. The van der Waals surface area contributed by atoms with Crippen molar-refractivity contribution in [1.82, 2.24) is 9.71 Å². The summed E-state index contributed by atoms with van der Waals surface area (Å²) in [6, 6.07) is 13.8. The van der Waals surface area contributed by atoms with Gasteiger partial charge in [0.2, 0.25) is 0 Å². The van der Waals surface area contributed by atoms with Crippen molar-refractivity contribution in [3.8, 4) is 5.75 Å². The number of nitrogens with one attached hydrogen (secondary N) is 2. The van der Waals surface area contributed by atoms with Crippen molar-refractivity contribution < 1.29 is 35.9 Å². The number of rotatable bonds is 8. The van der Waals surface area contributed by atoms with E-state index in [4.69, 9.17) is 0 Å². The molecule has 1 saturated carbocycles. The van der Waals surface area contributed by atoms with E-state index in [-0.39, 0.29) is 29.5 Å². The predicted molar refractivity (Wildman–Crippen MR) is 135 cm³/mol. The summed E-state index contributed by atoms with van der Waals surface area (Å²) < 4.78 is 71.9. The molecule has 2 aliphatic rings. The second-order valence-electron chi connectivity index (χ2n) is 9.13. The minimum Gasteiger partial charge on any atom is -0.406 e. The molecule has 1 spiro atoms. The molecule has 2 aromatic carbocycles. The SMILES string of the molecule is CC1CC12C(=O)N(c1ccc(OC(F)(F)F)cc1)C(=O)N2c1ccncc1NS(=O)(=O)NCc1ccccc1. The summed E-state index contributed by atoms with van der Waals surface area (Å²) in [5, 5.41) is 0. The Labute approximate surface area is 221 Å². The average molecular weight is 562 g/mol. The first-order valence-corrected chi connectivity index (χ1v) is 13.2. The summed E-state index contributed by atoms with van der Waals surface area (Å²) in [4.78, 5) is 33.3. The van der Waals surface area contributed by atoms with Crippen molar-refractivity contribution in [3.05, 3.63) is 78.6 Å². The number of anilines is 3. The highest BCUT2D eigenvalue weighted by molar-refractivity contribution is 7.90. The number of hydrogen-bond donors (Lipinski definition) is 2. The highest BCUT2D eigenvalue weighted by Crippen LogP contribution is 2.56. The minimum atomic E-state index is -4.90. The Morgan fingerprint density at radius 1 is 1.08 bits per heavy atom. The van der Waals surface area contributed by atoms with Crippen LogP contribution >= 0.6 is 0 Å². The first-order valence-electron chi connectivity index (χ1n) is 11.7.